The molecule has 2 N–H and O–H groups in total. The number of amides is 3. The Morgan fingerprint density at radius 3 is 2.39 bits per heavy atom. The van der Waals surface area contributed by atoms with E-state index < -0.39 is 12.1 Å². The molecule has 260 valence electrons. The minimum Gasteiger partial charge on any atom is -0.344 e. The van der Waals surface area contributed by atoms with E-state index in [0.717, 1.165) is 56.3 Å². The molecule has 1 aliphatic carbocycles. The number of ketones is 1. The molecule has 2 aliphatic heterocycles. The molecule has 6 rings (SSSR count). The Kier molecular flexibility index (Phi) is 11.2. The van der Waals surface area contributed by atoms with Gasteiger partial charge in [0.25, 0.3) is 5.91 Å². The third-order valence-electron chi connectivity index (χ3n) is 10.8. The molecular weight excluding hydrogens is 616 g/mol. The summed E-state index contributed by atoms with van der Waals surface area (Å²) in [5, 5.41) is 10.2. The predicted molar refractivity (Wildman–Crippen MR) is 188 cm³/mol. The minimum atomic E-state index is -0.649. The Labute approximate surface area is 289 Å². The molecule has 0 bridgehead atoms. The molecule has 1 saturated carbocycles. The van der Waals surface area contributed by atoms with E-state index in [1.54, 1.807) is 26.2 Å². The van der Waals surface area contributed by atoms with Crippen LogP contribution >= 0.6 is 0 Å². The summed E-state index contributed by atoms with van der Waals surface area (Å²) in [6.07, 6.45) is 9.41. The number of nitrogens with zero attached hydrogens (tertiary/aromatic N) is 4. The van der Waals surface area contributed by atoms with Crippen molar-refractivity contribution in [3.63, 3.8) is 0 Å². The first kappa shape index (κ1) is 34.5. The molecule has 0 spiro atoms. The van der Waals surface area contributed by atoms with Gasteiger partial charge in [-0.3, -0.25) is 28.8 Å². The molecule has 1 aromatic heterocycles. The topological polar surface area (TPSA) is 117 Å². The lowest BCUT2D eigenvalue weighted by Crippen LogP contribution is -2.57. The standard InChI is InChI=1S/C39H50N6O4/c1-3-36(47)41-32(39(49)45-24-23-44-22-20-29-9-7-8-12-31(29)34(44)26-45)25-28-15-13-27(14-16-28)17-18-35(46)37(30-10-5-4-6-11-30)42-38(48)33-19-21-40-43(33)2/h7-9,12-16,19,21,30,32,34,37H,3-6,10-11,17-18,20,22-26H2,1-2H3,(H,41,47)(H,42,48)/t32-,34?,37+/m1/s1. The normalized spacial score (nSPS) is 19.3. The van der Waals surface area contributed by atoms with Crippen molar-refractivity contribution >= 4 is 23.5 Å². The van der Waals surface area contributed by atoms with Gasteiger partial charge in [0, 0.05) is 58.7 Å². The first-order chi connectivity index (χ1) is 23.8. The largest absolute Gasteiger partial charge is 0.344 e. The van der Waals surface area contributed by atoms with Crippen LogP contribution in [-0.4, -0.2) is 81.3 Å². The van der Waals surface area contributed by atoms with Crippen LogP contribution in [0.15, 0.2) is 60.8 Å². The lowest BCUT2D eigenvalue weighted by atomic mass is 9.81. The third-order valence-corrected chi connectivity index (χ3v) is 10.8. The molecule has 3 heterocycles. The lowest BCUT2D eigenvalue weighted by Gasteiger charge is -2.45. The molecule has 2 aromatic carbocycles. The number of carbonyl (C=O) groups excluding carboxylic acids is 4. The first-order valence-electron chi connectivity index (χ1n) is 18.1. The van der Waals surface area contributed by atoms with Crippen molar-refractivity contribution in [2.45, 2.75) is 89.3 Å². The van der Waals surface area contributed by atoms with Crippen molar-refractivity contribution in [1.29, 1.82) is 0 Å². The van der Waals surface area contributed by atoms with E-state index in [1.165, 1.54) is 22.2 Å². The average Bonchev–Trinajstić information content (AvgIpc) is 3.58. The smallest absolute Gasteiger partial charge is 0.270 e. The summed E-state index contributed by atoms with van der Waals surface area (Å²) in [5.41, 5.74) is 5.07. The van der Waals surface area contributed by atoms with Gasteiger partial charge in [-0.1, -0.05) is 74.7 Å². The van der Waals surface area contributed by atoms with Crippen LogP contribution in [0, 0.1) is 5.92 Å². The number of carbonyl (C=O) groups is 4. The summed E-state index contributed by atoms with van der Waals surface area (Å²) in [6.45, 7) is 4.88. The summed E-state index contributed by atoms with van der Waals surface area (Å²) < 4.78 is 1.53. The van der Waals surface area contributed by atoms with Crippen LogP contribution in [0.2, 0.25) is 0 Å². The molecule has 1 saturated heterocycles. The Morgan fingerprint density at radius 2 is 1.65 bits per heavy atom. The quantitative estimate of drug-likeness (QED) is 0.300. The van der Waals surface area contributed by atoms with E-state index in [9.17, 15) is 19.2 Å². The number of fused-ring (bicyclic) bond motifs is 3. The fourth-order valence-corrected chi connectivity index (χ4v) is 7.89. The molecule has 49 heavy (non-hydrogen) atoms. The third kappa shape index (κ3) is 8.29. The summed E-state index contributed by atoms with van der Waals surface area (Å²) in [7, 11) is 1.72. The van der Waals surface area contributed by atoms with E-state index in [4.69, 9.17) is 0 Å². The molecular formula is C39H50N6O4. The number of aromatic nitrogens is 2. The van der Waals surface area contributed by atoms with Crippen molar-refractivity contribution in [2.75, 3.05) is 26.2 Å². The van der Waals surface area contributed by atoms with Gasteiger partial charge >= 0.3 is 0 Å². The highest BCUT2D eigenvalue weighted by Gasteiger charge is 2.36. The maximum Gasteiger partial charge on any atom is 0.270 e. The van der Waals surface area contributed by atoms with Crippen molar-refractivity contribution < 1.29 is 19.2 Å². The summed E-state index contributed by atoms with van der Waals surface area (Å²) >= 11 is 0. The Morgan fingerprint density at radius 1 is 0.898 bits per heavy atom. The number of aryl methyl sites for hydroxylation is 2. The zero-order valence-electron chi connectivity index (χ0n) is 28.9. The molecule has 0 radical (unpaired) electrons. The maximum absolute atomic E-state index is 14.0. The highest BCUT2D eigenvalue weighted by Crippen LogP contribution is 2.33. The second kappa shape index (κ2) is 15.9. The maximum atomic E-state index is 14.0. The Bertz CT molecular complexity index is 1630. The number of hydrogen-bond donors (Lipinski definition) is 2. The fraction of sp³-hybridized carbons (Fsp3) is 0.513. The average molecular weight is 667 g/mol. The number of rotatable bonds is 12. The van der Waals surface area contributed by atoms with Crippen molar-refractivity contribution in [2.24, 2.45) is 13.0 Å². The SMILES string of the molecule is CCC(=O)N[C@H](Cc1ccc(CCC(=O)[C@@H](NC(=O)c2ccnn2C)C2CCCCC2)cc1)C(=O)N1CCN2CCc3ccccc3C2C1. The predicted octanol–water partition coefficient (Wildman–Crippen LogP) is 4.18. The van der Waals surface area contributed by atoms with Crippen LogP contribution in [0.3, 0.4) is 0 Å². The van der Waals surface area contributed by atoms with Crippen LogP contribution in [0.25, 0.3) is 0 Å². The second-order valence-corrected chi connectivity index (χ2v) is 13.9. The van der Waals surface area contributed by atoms with E-state index in [-0.39, 0.29) is 35.5 Å². The number of benzene rings is 2. The van der Waals surface area contributed by atoms with Crippen molar-refractivity contribution in [1.82, 2.24) is 30.2 Å². The molecule has 2 fully saturated rings. The van der Waals surface area contributed by atoms with Gasteiger partial charge in [-0.15, -0.1) is 0 Å². The van der Waals surface area contributed by atoms with Crippen molar-refractivity contribution in [3.05, 3.63) is 88.7 Å². The number of piperazine rings is 1. The van der Waals surface area contributed by atoms with E-state index in [1.807, 2.05) is 29.2 Å². The lowest BCUT2D eigenvalue weighted by molar-refractivity contribution is -0.139. The highest BCUT2D eigenvalue weighted by molar-refractivity contribution is 5.97. The van der Waals surface area contributed by atoms with Crippen LogP contribution < -0.4 is 10.6 Å². The number of Topliss-reactive ketones (excluding diaryl/α,β-unsaturated/α-hetero) is 1. The van der Waals surface area contributed by atoms with Crippen LogP contribution in [0.4, 0.5) is 0 Å². The van der Waals surface area contributed by atoms with Gasteiger partial charge in [-0.2, -0.15) is 5.10 Å². The summed E-state index contributed by atoms with van der Waals surface area (Å²) in [4.78, 5) is 57.6. The van der Waals surface area contributed by atoms with Gasteiger partial charge in [-0.05, 0) is 59.9 Å². The van der Waals surface area contributed by atoms with Gasteiger partial charge in [0.2, 0.25) is 11.8 Å². The molecule has 3 aliphatic rings. The molecule has 3 aromatic rings. The van der Waals surface area contributed by atoms with Crippen LogP contribution in [0.1, 0.15) is 90.7 Å². The zero-order valence-corrected chi connectivity index (χ0v) is 28.9. The first-order valence-corrected chi connectivity index (χ1v) is 18.1. The molecule has 10 heteroatoms. The van der Waals surface area contributed by atoms with Gasteiger partial charge in [0.15, 0.2) is 5.78 Å². The highest BCUT2D eigenvalue weighted by atomic mass is 16.2. The van der Waals surface area contributed by atoms with Crippen molar-refractivity contribution in [3.8, 4) is 0 Å². The summed E-state index contributed by atoms with van der Waals surface area (Å²) in [6, 6.07) is 17.2. The molecule has 3 atom stereocenters. The van der Waals surface area contributed by atoms with Crippen LogP contribution in [-0.2, 0) is 40.7 Å². The fourth-order valence-electron chi connectivity index (χ4n) is 7.89. The monoisotopic (exact) mass is 666 g/mol. The zero-order chi connectivity index (χ0) is 34.3. The Balaban J connectivity index is 1.08. The van der Waals surface area contributed by atoms with Gasteiger partial charge in [0.05, 0.1) is 12.1 Å². The summed E-state index contributed by atoms with van der Waals surface area (Å²) in [5.74, 6) is -0.248. The second-order valence-electron chi connectivity index (χ2n) is 13.9. The number of hydrogen-bond acceptors (Lipinski definition) is 6. The van der Waals surface area contributed by atoms with E-state index >= 15 is 0 Å². The van der Waals surface area contributed by atoms with E-state index in [2.05, 4.69) is 44.9 Å². The molecule has 1 unspecified atom stereocenters. The molecule has 10 nitrogen and oxygen atoms in total. The number of nitrogens with one attached hydrogen (secondary N) is 2. The van der Waals surface area contributed by atoms with Gasteiger partial charge in [-0.25, -0.2) is 0 Å². The van der Waals surface area contributed by atoms with E-state index in [0.29, 0.717) is 44.5 Å². The van der Waals surface area contributed by atoms with Crippen LogP contribution in [0.5, 0.6) is 0 Å². The van der Waals surface area contributed by atoms with Gasteiger partial charge < -0.3 is 15.5 Å². The van der Waals surface area contributed by atoms with Gasteiger partial charge in [0.1, 0.15) is 11.7 Å². The minimum absolute atomic E-state index is 0.0406. The Hall–Kier alpha value is -4.31. The molecule has 3 amide bonds.